The van der Waals surface area contributed by atoms with Gasteiger partial charge in [0.25, 0.3) is 0 Å². The van der Waals surface area contributed by atoms with Gasteiger partial charge in [0.2, 0.25) is 0 Å². The number of epoxide rings is 1. The molecule has 3 atom stereocenters. The second kappa shape index (κ2) is 34.0. The van der Waals surface area contributed by atoms with Gasteiger partial charge in [0.05, 0.1) is 18.8 Å². The average Bonchev–Trinajstić information content (AvgIpc) is 3.88. The highest BCUT2D eigenvalue weighted by Gasteiger charge is 2.36. The molecule has 302 valence electrons. The van der Waals surface area contributed by atoms with Crippen LogP contribution < -0.4 is 0 Å². The minimum atomic E-state index is -4.77. The fourth-order valence-electron chi connectivity index (χ4n) is 5.52. The quantitative estimate of drug-likeness (QED) is 0.0213. The molecule has 1 fully saturated rings. The van der Waals surface area contributed by atoms with Crippen LogP contribution in [0.2, 0.25) is 0 Å². The molecule has 0 aromatic rings. The second-order valence-corrected chi connectivity index (χ2v) is 14.9. The molecule has 2 N–H and O–H groups in total. The van der Waals surface area contributed by atoms with Crippen molar-refractivity contribution in [2.75, 3.05) is 13.2 Å². The molecular formula is C43H71O9P. The molecule has 53 heavy (non-hydrogen) atoms. The Hall–Kier alpha value is -2.55. The zero-order valence-corrected chi connectivity index (χ0v) is 33.7. The van der Waals surface area contributed by atoms with Gasteiger partial charge in [0.1, 0.15) is 6.61 Å². The van der Waals surface area contributed by atoms with E-state index in [0.29, 0.717) is 25.0 Å². The molecule has 0 aromatic carbocycles. The van der Waals surface area contributed by atoms with E-state index in [2.05, 4.69) is 91.3 Å². The van der Waals surface area contributed by atoms with Crippen LogP contribution in [0.5, 0.6) is 0 Å². The normalized spacial score (nSPS) is 17.1. The van der Waals surface area contributed by atoms with Crippen molar-refractivity contribution in [1.82, 2.24) is 0 Å². The first-order valence-corrected chi connectivity index (χ1v) is 21.9. The van der Waals surface area contributed by atoms with Gasteiger partial charge in [-0.05, 0) is 83.5 Å². The van der Waals surface area contributed by atoms with Crippen LogP contribution in [0.15, 0.2) is 72.9 Å². The van der Waals surface area contributed by atoms with Crippen molar-refractivity contribution >= 4 is 19.8 Å². The summed E-state index contributed by atoms with van der Waals surface area (Å²) in [4.78, 5) is 42.8. The number of carbonyl (C=O) groups excluding carboxylic acids is 2. The fraction of sp³-hybridized carbons (Fsp3) is 0.674. The summed E-state index contributed by atoms with van der Waals surface area (Å²) in [6, 6.07) is 0. The van der Waals surface area contributed by atoms with Crippen molar-refractivity contribution in [3.8, 4) is 0 Å². The standard InChI is InChI=1S/C43H71O9P/c1-3-5-7-8-9-10-11-12-13-14-15-16-17-18-19-20-25-28-32-36-43(45)51-39(38-50-53(46,47)48)37-49-42(44)35-31-27-24-22-21-23-26-30-34-41-40(52-41)33-29-6-4-2/h5,7,9-10,12-13,15-16,18-19,26,30,39-41H,3-4,6,8,11,14,17,20-25,27-29,31-38H2,1-2H3,(H2,46,47,48)/b7-5-,10-9-,13-12-,16-15-,19-18-,30-26-/t39-,40?,41?/m1/s1. The lowest BCUT2D eigenvalue weighted by Gasteiger charge is -2.18. The Bertz CT molecular complexity index is 1150. The van der Waals surface area contributed by atoms with Crippen molar-refractivity contribution in [2.45, 2.75) is 173 Å². The maximum atomic E-state index is 12.4. The lowest BCUT2D eigenvalue weighted by molar-refractivity contribution is -0.161. The number of unbranched alkanes of at least 4 members (excludes halogenated alkanes) is 10. The summed E-state index contributed by atoms with van der Waals surface area (Å²) in [5.74, 6) is -0.951. The van der Waals surface area contributed by atoms with Gasteiger partial charge in [-0.25, -0.2) is 4.57 Å². The topological polar surface area (TPSA) is 132 Å². The zero-order valence-electron chi connectivity index (χ0n) is 32.8. The molecule has 9 nitrogen and oxygen atoms in total. The maximum absolute atomic E-state index is 12.4. The first kappa shape index (κ1) is 48.5. The molecule has 1 aliphatic rings. The van der Waals surface area contributed by atoms with Crippen molar-refractivity contribution in [3.05, 3.63) is 72.9 Å². The Balaban J connectivity index is 2.11. The van der Waals surface area contributed by atoms with Crippen molar-refractivity contribution in [1.29, 1.82) is 0 Å². The Labute approximate surface area is 321 Å². The van der Waals surface area contributed by atoms with E-state index in [9.17, 15) is 14.2 Å². The minimum Gasteiger partial charge on any atom is -0.462 e. The molecule has 10 heteroatoms. The van der Waals surface area contributed by atoms with Gasteiger partial charge in [0.15, 0.2) is 6.10 Å². The average molecular weight is 763 g/mol. The van der Waals surface area contributed by atoms with Crippen LogP contribution in [0, 0.1) is 0 Å². The highest BCUT2D eigenvalue weighted by molar-refractivity contribution is 7.46. The molecule has 0 bridgehead atoms. The van der Waals surface area contributed by atoms with E-state index < -0.39 is 32.5 Å². The molecule has 1 rings (SSSR count). The van der Waals surface area contributed by atoms with Gasteiger partial charge < -0.3 is 24.0 Å². The van der Waals surface area contributed by atoms with E-state index >= 15 is 0 Å². The molecular weight excluding hydrogens is 691 g/mol. The van der Waals surface area contributed by atoms with Crippen LogP contribution in [0.4, 0.5) is 0 Å². The molecule has 0 radical (unpaired) electrons. The molecule has 0 aliphatic carbocycles. The Morgan fingerprint density at radius 1 is 0.623 bits per heavy atom. The Kier molecular flexibility index (Phi) is 31.1. The van der Waals surface area contributed by atoms with E-state index in [0.717, 1.165) is 89.9 Å². The summed E-state index contributed by atoms with van der Waals surface area (Å²) in [5.41, 5.74) is 0. The summed E-state index contributed by atoms with van der Waals surface area (Å²) in [6.07, 6.45) is 46.5. The Morgan fingerprint density at radius 3 is 1.75 bits per heavy atom. The molecule has 1 aliphatic heterocycles. The van der Waals surface area contributed by atoms with E-state index in [-0.39, 0.29) is 19.4 Å². The van der Waals surface area contributed by atoms with E-state index in [1.165, 1.54) is 25.7 Å². The molecule has 1 heterocycles. The maximum Gasteiger partial charge on any atom is 0.469 e. The lowest BCUT2D eigenvalue weighted by Crippen LogP contribution is -2.29. The van der Waals surface area contributed by atoms with Gasteiger partial charge in [-0.2, -0.15) is 0 Å². The molecule has 2 unspecified atom stereocenters. The lowest BCUT2D eigenvalue weighted by atomic mass is 10.1. The van der Waals surface area contributed by atoms with Gasteiger partial charge in [0, 0.05) is 12.8 Å². The number of rotatable bonds is 35. The van der Waals surface area contributed by atoms with Crippen LogP contribution in [0.1, 0.15) is 155 Å². The van der Waals surface area contributed by atoms with Crippen LogP contribution in [0.3, 0.4) is 0 Å². The third-order valence-electron chi connectivity index (χ3n) is 8.63. The molecule has 0 amide bonds. The van der Waals surface area contributed by atoms with Crippen molar-refractivity contribution in [3.63, 3.8) is 0 Å². The van der Waals surface area contributed by atoms with Crippen LogP contribution >= 0.6 is 7.82 Å². The highest BCUT2D eigenvalue weighted by Crippen LogP contribution is 2.36. The van der Waals surface area contributed by atoms with Gasteiger partial charge in [-0.1, -0.05) is 132 Å². The predicted molar refractivity (Wildman–Crippen MR) is 215 cm³/mol. The number of carbonyl (C=O) groups is 2. The summed E-state index contributed by atoms with van der Waals surface area (Å²) >= 11 is 0. The summed E-state index contributed by atoms with van der Waals surface area (Å²) in [6.45, 7) is 3.48. The number of ether oxygens (including phenoxy) is 3. The first-order valence-electron chi connectivity index (χ1n) is 20.4. The SMILES string of the molecule is CC/C=C\C/C=C\C/C=C\C/C=C\C/C=C\CCCCCC(=O)O[C@H](COC(=O)CCCCCCC/C=C\CC1OC1CCCCC)COP(=O)(O)O. The highest BCUT2D eigenvalue weighted by atomic mass is 31.2. The van der Waals surface area contributed by atoms with Gasteiger partial charge in [-0.15, -0.1) is 0 Å². The largest absolute Gasteiger partial charge is 0.469 e. The van der Waals surface area contributed by atoms with Crippen molar-refractivity contribution in [2.24, 2.45) is 0 Å². The fourth-order valence-corrected chi connectivity index (χ4v) is 5.88. The van der Waals surface area contributed by atoms with Crippen molar-refractivity contribution < 1.29 is 42.7 Å². The number of esters is 2. The van der Waals surface area contributed by atoms with Crippen LogP contribution in [-0.4, -0.2) is 53.3 Å². The van der Waals surface area contributed by atoms with Gasteiger partial charge in [-0.3, -0.25) is 14.1 Å². The monoisotopic (exact) mass is 762 g/mol. The smallest absolute Gasteiger partial charge is 0.462 e. The number of hydrogen-bond donors (Lipinski definition) is 2. The third-order valence-corrected chi connectivity index (χ3v) is 9.12. The summed E-state index contributed by atoms with van der Waals surface area (Å²) < 4.78 is 32.1. The minimum absolute atomic E-state index is 0.163. The number of phosphoric acid groups is 1. The van der Waals surface area contributed by atoms with Crippen LogP contribution in [-0.2, 0) is 32.9 Å². The number of phosphoric ester groups is 1. The van der Waals surface area contributed by atoms with E-state index in [1.807, 2.05) is 0 Å². The van der Waals surface area contributed by atoms with Gasteiger partial charge >= 0.3 is 19.8 Å². The predicted octanol–water partition coefficient (Wildman–Crippen LogP) is 11.3. The van der Waals surface area contributed by atoms with E-state index in [4.69, 9.17) is 24.0 Å². The van der Waals surface area contributed by atoms with Crippen LogP contribution in [0.25, 0.3) is 0 Å². The molecule has 0 aromatic heterocycles. The first-order chi connectivity index (χ1) is 25.7. The summed E-state index contributed by atoms with van der Waals surface area (Å²) in [7, 11) is -4.77. The number of allylic oxidation sites excluding steroid dienone is 11. The molecule has 0 saturated carbocycles. The summed E-state index contributed by atoms with van der Waals surface area (Å²) in [5, 5.41) is 0. The molecule has 0 spiro atoms. The number of hydrogen-bond acceptors (Lipinski definition) is 7. The third kappa shape index (κ3) is 33.7. The van der Waals surface area contributed by atoms with E-state index in [1.54, 1.807) is 0 Å². The molecule has 1 saturated heterocycles. The zero-order chi connectivity index (χ0) is 38.7. The Morgan fingerprint density at radius 2 is 1.15 bits per heavy atom. The second-order valence-electron chi connectivity index (χ2n) is 13.6.